The first-order valence-corrected chi connectivity index (χ1v) is 4.63. The number of hydrogen-bond acceptors (Lipinski definition) is 4. The van der Waals surface area contributed by atoms with Crippen LogP contribution >= 0.6 is 0 Å². The minimum Gasteiger partial charge on any atom is -0.462 e. The van der Waals surface area contributed by atoms with Gasteiger partial charge in [0.15, 0.2) is 5.78 Å². The van der Waals surface area contributed by atoms with Crippen molar-refractivity contribution in [2.24, 2.45) is 0 Å². The highest BCUT2D eigenvalue weighted by atomic mass is 16.5. The first-order chi connectivity index (χ1) is 7.06. The number of hydrogen-bond donors (Lipinski definition) is 1. The summed E-state index contributed by atoms with van der Waals surface area (Å²) in [6, 6.07) is 4.57. The summed E-state index contributed by atoms with van der Waals surface area (Å²) >= 11 is 0. The molecular formula is C11H13NO3. The number of anilines is 1. The maximum absolute atomic E-state index is 11.4. The smallest absolute Gasteiger partial charge is 0.340 e. The molecule has 0 radical (unpaired) electrons. The van der Waals surface area contributed by atoms with Gasteiger partial charge in [0, 0.05) is 11.3 Å². The van der Waals surface area contributed by atoms with Crippen LogP contribution in [-0.4, -0.2) is 18.4 Å². The van der Waals surface area contributed by atoms with Crippen molar-refractivity contribution in [3.05, 3.63) is 29.3 Å². The average Bonchev–Trinajstić information content (AvgIpc) is 2.18. The van der Waals surface area contributed by atoms with Crippen LogP contribution in [0.15, 0.2) is 18.2 Å². The van der Waals surface area contributed by atoms with Crippen molar-refractivity contribution < 1.29 is 14.3 Å². The Hall–Kier alpha value is -1.84. The summed E-state index contributed by atoms with van der Waals surface area (Å²) in [5, 5.41) is 0. The molecular weight excluding hydrogens is 194 g/mol. The number of esters is 1. The lowest BCUT2D eigenvalue weighted by molar-refractivity contribution is 0.0527. The Morgan fingerprint density at radius 1 is 1.40 bits per heavy atom. The molecule has 0 spiro atoms. The Balaban J connectivity index is 3.10. The maximum atomic E-state index is 11.4. The van der Waals surface area contributed by atoms with Gasteiger partial charge in [-0.1, -0.05) is 0 Å². The highest BCUT2D eigenvalue weighted by Crippen LogP contribution is 2.15. The molecule has 1 rings (SSSR count). The highest BCUT2D eigenvalue weighted by Gasteiger charge is 2.12. The molecule has 0 amide bonds. The topological polar surface area (TPSA) is 69.4 Å². The Kier molecular flexibility index (Phi) is 3.44. The highest BCUT2D eigenvalue weighted by molar-refractivity contribution is 6.00. The Bertz CT molecular complexity index is 399. The normalized spacial score (nSPS) is 9.73. The predicted molar refractivity (Wildman–Crippen MR) is 56.8 cm³/mol. The molecule has 2 N–H and O–H groups in total. The molecule has 0 saturated heterocycles. The van der Waals surface area contributed by atoms with E-state index in [9.17, 15) is 9.59 Å². The second-order valence-electron chi connectivity index (χ2n) is 3.08. The zero-order chi connectivity index (χ0) is 11.4. The largest absolute Gasteiger partial charge is 0.462 e. The third-order valence-corrected chi connectivity index (χ3v) is 1.96. The summed E-state index contributed by atoms with van der Waals surface area (Å²) in [6.45, 7) is 3.42. The van der Waals surface area contributed by atoms with Crippen LogP contribution in [0.1, 0.15) is 34.6 Å². The molecule has 0 unspecified atom stereocenters. The van der Waals surface area contributed by atoms with E-state index in [1.165, 1.54) is 19.1 Å². The fourth-order valence-electron chi connectivity index (χ4n) is 1.16. The molecule has 80 valence electrons. The third-order valence-electron chi connectivity index (χ3n) is 1.96. The van der Waals surface area contributed by atoms with Gasteiger partial charge in [0.2, 0.25) is 0 Å². The van der Waals surface area contributed by atoms with Gasteiger partial charge in [-0.2, -0.15) is 0 Å². The molecule has 0 atom stereocenters. The van der Waals surface area contributed by atoms with Crippen LogP contribution in [0.3, 0.4) is 0 Å². The number of carbonyl (C=O) groups excluding carboxylic acids is 2. The van der Waals surface area contributed by atoms with Gasteiger partial charge in [0.1, 0.15) is 0 Å². The van der Waals surface area contributed by atoms with Crippen molar-refractivity contribution in [1.82, 2.24) is 0 Å². The summed E-state index contributed by atoms with van der Waals surface area (Å²) in [5.41, 5.74) is 6.62. The van der Waals surface area contributed by atoms with Gasteiger partial charge in [-0.15, -0.1) is 0 Å². The van der Waals surface area contributed by atoms with Gasteiger partial charge in [-0.3, -0.25) is 4.79 Å². The summed E-state index contributed by atoms with van der Waals surface area (Å²) in [5.74, 6) is -0.612. The summed E-state index contributed by atoms with van der Waals surface area (Å²) in [7, 11) is 0. The van der Waals surface area contributed by atoms with Crippen LogP contribution in [-0.2, 0) is 4.74 Å². The Morgan fingerprint density at radius 3 is 2.60 bits per heavy atom. The van der Waals surface area contributed by atoms with Crippen LogP contribution in [0, 0.1) is 0 Å². The monoisotopic (exact) mass is 207 g/mol. The fraction of sp³-hybridized carbons (Fsp3) is 0.273. The van der Waals surface area contributed by atoms with Crippen LogP contribution in [0.2, 0.25) is 0 Å². The van der Waals surface area contributed by atoms with Crippen LogP contribution in [0.25, 0.3) is 0 Å². The van der Waals surface area contributed by atoms with Crippen LogP contribution in [0.5, 0.6) is 0 Å². The van der Waals surface area contributed by atoms with Crippen molar-refractivity contribution in [2.75, 3.05) is 12.3 Å². The first kappa shape index (κ1) is 11.2. The van der Waals surface area contributed by atoms with Gasteiger partial charge in [0.25, 0.3) is 0 Å². The predicted octanol–water partition coefficient (Wildman–Crippen LogP) is 1.65. The van der Waals surface area contributed by atoms with E-state index in [2.05, 4.69) is 0 Å². The molecule has 0 fully saturated rings. The molecule has 0 bridgehead atoms. The number of Topliss-reactive ketones (excluding diaryl/α,β-unsaturated/α-hetero) is 1. The third kappa shape index (κ3) is 2.56. The molecule has 4 nitrogen and oxygen atoms in total. The molecule has 0 aliphatic carbocycles. The molecule has 0 aliphatic rings. The minimum absolute atomic E-state index is 0.111. The molecule has 0 saturated carbocycles. The second-order valence-corrected chi connectivity index (χ2v) is 3.08. The van der Waals surface area contributed by atoms with Crippen molar-refractivity contribution in [3.63, 3.8) is 0 Å². The molecule has 15 heavy (non-hydrogen) atoms. The molecule has 1 aromatic carbocycles. The van der Waals surface area contributed by atoms with Crippen molar-refractivity contribution in [1.29, 1.82) is 0 Å². The van der Waals surface area contributed by atoms with Gasteiger partial charge in [0.05, 0.1) is 12.2 Å². The van der Waals surface area contributed by atoms with Gasteiger partial charge < -0.3 is 10.5 Å². The lowest BCUT2D eigenvalue weighted by atomic mass is 10.1. The molecule has 0 heterocycles. The molecule has 0 aliphatic heterocycles. The number of carbonyl (C=O) groups is 2. The molecule has 1 aromatic rings. The summed E-state index contributed by atoms with van der Waals surface area (Å²) in [4.78, 5) is 22.5. The van der Waals surface area contributed by atoms with E-state index in [1.54, 1.807) is 13.0 Å². The number of nitrogen functional groups attached to an aromatic ring is 1. The standard InChI is InChI=1S/C11H13NO3/c1-3-15-11(14)9-6-8(7(2)13)4-5-10(9)12/h4-6H,3,12H2,1-2H3. The number of rotatable bonds is 3. The quantitative estimate of drug-likeness (QED) is 0.464. The Morgan fingerprint density at radius 2 is 2.07 bits per heavy atom. The van der Waals surface area contributed by atoms with E-state index in [4.69, 9.17) is 10.5 Å². The van der Waals surface area contributed by atoms with Crippen LogP contribution in [0.4, 0.5) is 5.69 Å². The number of benzene rings is 1. The number of ketones is 1. The zero-order valence-corrected chi connectivity index (χ0v) is 8.74. The maximum Gasteiger partial charge on any atom is 0.340 e. The number of ether oxygens (including phenoxy) is 1. The summed E-state index contributed by atoms with van der Waals surface area (Å²) < 4.78 is 4.81. The van der Waals surface area contributed by atoms with E-state index >= 15 is 0 Å². The van der Waals surface area contributed by atoms with Crippen molar-refractivity contribution in [3.8, 4) is 0 Å². The van der Waals surface area contributed by atoms with Gasteiger partial charge in [-0.05, 0) is 32.0 Å². The van der Waals surface area contributed by atoms with E-state index in [0.29, 0.717) is 11.3 Å². The first-order valence-electron chi connectivity index (χ1n) is 4.63. The van der Waals surface area contributed by atoms with E-state index < -0.39 is 5.97 Å². The second kappa shape index (κ2) is 4.59. The van der Waals surface area contributed by atoms with Gasteiger partial charge >= 0.3 is 5.97 Å². The molecule has 4 heteroatoms. The SMILES string of the molecule is CCOC(=O)c1cc(C(C)=O)ccc1N. The van der Waals surface area contributed by atoms with Crippen LogP contribution < -0.4 is 5.73 Å². The van der Waals surface area contributed by atoms with Crippen molar-refractivity contribution in [2.45, 2.75) is 13.8 Å². The van der Waals surface area contributed by atoms with Crippen molar-refractivity contribution >= 4 is 17.4 Å². The minimum atomic E-state index is -0.502. The van der Waals surface area contributed by atoms with Gasteiger partial charge in [-0.25, -0.2) is 4.79 Å². The number of nitrogens with two attached hydrogens (primary N) is 1. The Labute approximate surface area is 88.0 Å². The molecule has 0 aromatic heterocycles. The lowest BCUT2D eigenvalue weighted by Crippen LogP contribution is -2.09. The lowest BCUT2D eigenvalue weighted by Gasteiger charge is -2.06. The summed E-state index contributed by atoms with van der Waals surface area (Å²) in [6.07, 6.45) is 0. The zero-order valence-electron chi connectivity index (χ0n) is 8.74. The van der Waals surface area contributed by atoms with E-state index in [0.717, 1.165) is 0 Å². The van der Waals surface area contributed by atoms with E-state index in [1.807, 2.05) is 0 Å². The average molecular weight is 207 g/mol. The van der Waals surface area contributed by atoms with E-state index in [-0.39, 0.29) is 18.0 Å². The fourth-order valence-corrected chi connectivity index (χ4v) is 1.16.